The van der Waals surface area contributed by atoms with Crippen LogP contribution in [0.25, 0.3) is 0 Å². The number of nitrogens with one attached hydrogen (secondary N) is 1. The molecule has 2 rings (SSSR count). The standard InChI is InChI=1S/C14H20N2O4S/c17-10-8-15-14(18)12-5-4-9-16(11-12)21(19,20)13-6-2-1-3-7-13/h1-3,6-7,12,17H,4-5,8-11H2,(H,15,18). The van der Waals surface area contributed by atoms with Crippen molar-refractivity contribution in [2.45, 2.75) is 17.7 Å². The quantitative estimate of drug-likeness (QED) is 0.813. The van der Waals surface area contributed by atoms with E-state index in [4.69, 9.17) is 5.11 Å². The Bertz CT molecular complexity index is 574. The summed E-state index contributed by atoms with van der Waals surface area (Å²) in [6.45, 7) is 0.695. The van der Waals surface area contributed by atoms with E-state index < -0.39 is 10.0 Å². The Morgan fingerprint density at radius 1 is 1.33 bits per heavy atom. The summed E-state index contributed by atoms with van der Waals surface area (Å²) in [5.41, 5.74) is 0. The Morgan fingerprint density at radius 3 is 2.71 bits per heavy atom. The minimum Gasteiger partial charge on any atom is -0.395 e. The molecule has 1 amide bonds. The van der Waals surface area contributed by atoms with Crippen LogP contribution >= 0.6 is 0 Å². The average Bonchev–Trinajstić information content (AvgIpc) is 2.53. The molecule has 1 aromatic carbocycles. The molecule has 2 N–H and O–H groups in total. The van der Waals surface area contributed by atoms with Crippen molar-refractivity contribution in [1.82, 2.24) is 9.62 Å². The van der Waals surface area contributed by atoms with Crippen molar-refractivity contribution < 1.29 is 18.3 Å². The fourth-order valence-corrected chi connectivity index (χ4v) is 3.98. The van der Waals surface area contributed by atoms with Gasteiger partial charge in [-0.05, 0) is 25.0 Å². The first kappa shape index (κ1) is 15.9. The highest BCUT2D eigenvalue weighted by Crippen LogP contribution is 2.23. The summed E-state index contributed by atoms with van der Waals surface area (Å²) in [5.74, 6) is -0.555. The van der Waals surface area contributed by atoms with Crippen LogP contribution in [0.15, 0.2) is 35.2 Å². The van der Waals surface area contributed by atoms with Crippen molar-refractivity contribution in [3.05, 3.63) is 30.3 Å². The van der Waals surface area contributed by atoms with Gasteiger partial charge in [-0.25, -0.2) is 8.42 Å². The smallest absolute Gasteiger partial charge is 0.243 e. The highest BCUT2D eigenvalue weighted by Gasteiger charge is 2.32. The minimum absolute atomic E-state index is 0.121. The van der Waals surface area contributed by atoms with E-state index in [-0.39, 0.29) is 36.4 Å². The topological polar surface area (TPSA) is 86.7 Å². The van der Waals surface area contributed by atoms with Gasteiger partial charge in [-0.15, -0.1) is 0 Å². The Morgan fingerprint density at radius 2 is 2.05 bits per heavy atom. The van der Waals surface area contributed by atoms with Gasteiger partial charge in [-0.3, -0.25) is 4.79 Å². The Balaban J connectivity index is 2.09. The maximum Gasteiger partial charge on any atom is 0.243 e. The van der Waals surface area contributed by atoms with Crippen molar-refractivity contribution in [1.29, 1.82) is 0 Å². The summed E-state index contributed by atoms with van der Waals surface area (Å²) in [6, 6.07) is 8.25. The molecule has 0 aromatic heterocycles. The van der Waals surface area contributed by atoms with Crippen LogP contribution in [0.4, 0.5) is 0 Å². The van der Waals surface area contributed by atoms with Gasteiger partial charge in [-0.1, -0.05) is 18.2 Å². The molecule has 21 heavy (non-hydrogen) atoms. The Kier molecular flexibility index (Phi) is 5.33. The van der Waals surface area contributed by atoms with Crippen LogP contribution in [0.2, 0.25) is 0 Å². The van der Waals surface area contributed by atoms with E-state index in [2.05, 4.69) is 5.32 Å². The molecule has 1 aromatic rings. The van der Waals surface area contributed by atoms with Gasteiger partial charge in [0.2, 0.25) is 15.9 Å². The molecule has 1 atom stereocenters. The molecule has 0 radical (unpaired) electrons. The zero-order valence-electron chi connectivity index (χ0n) is 11.7. The number of carbonyl (C=O) groups is 1. The van der Waals surface area contributed by atoms with Gasteiger partial charge < -0.3 is 10.4 Å². The zero-order valence-corrected chi connectivity index (χ0v) is 12.6. The number of hydrogen-bond acceptors (Lipinski definition) is 4. The number of carbonyl (C=O) groups excluding carboxylic acids is 1. The first-order chi connectivity index (χ1) is 10.1. The monoisotopic (exact) mass is 312 g/mol. The average molecular weight is 312 g/mol. The van der Waals surface area contributed by atoms with Crippen LogP contribution < -0.4 is 5.32 Å². The number of benzene rings is 1. The second kappa shape index (κ2) is 7.02. The Labute approximate surface area is 124 Å². The molecule has 1 unspecified atom stereocenters. The predicted molar refractivity (Wildman–Crippen MR) is 78.0 cm³/mol. The molecule has 0 bridgehead atoms. The molecular formula is C14H20N2O4S. The molecule has 1 aliphatic rings. The van der Waals surface area contributed by atoms with Crippen molar-refractivity contribution in [3.63, 3.8) is 0 Å². The zero-order chi connectivity index (χ0) is 15.3. The third-order valence-electron chi connectivity index (χ3n) is 3.55. The van der Waals surface area contributed by atoms with E-state index in [1.165, 1.54) is 4.31 Å². The molecular weight excluding hydrogens is 292 g/mol. The molecule has 6 nitrogen and oxygen atoms in total. The number of aliphatic hydroxyl groups is 1. The van der Waals surface area contributed by atoms with Crippen molar-refractivity contribution in [2.24, 2.45) is 5.92 Å². The summed E-state index contributed by atoms with van der Waals surface area (Å²) in [5, 5.41) is 11.3. The lowest BCUT2D eigenvalue weighted by Crippen LogP contribution is -2.45. The van der Waals surface area contributed by atoms with Crippen LogP contribution in [-0.4, -0.2) is 50.0 Å². The van der Waals surface area contributed by atoms with Gasteiger partial charge in [0.1, 0.15) is 0 Å². The Hall–Kier alpha value is -1.44. The van der Waals surface area contributed by atoms with Crippen molar-refractivity contribution in [3.8, 4) is 0 Å². The molecule has 1 aliphatic heterocycles. The van der Waals surface area contributed by atoms with Crippen LogP contribution in [0.5, 0.6) is 0 Å². The van der Waals surface area contributed by atoms with E-state index >= 15 is 0 Å². The summed E-state index contributed by atoms with van der Waals surface area (Å²) in [6.07, 6.45) is 1.32. The molecule has 0 saturated carbocycles. The molecule has 116 valence electrons. The number of nitrogens with zero attached hydrogens (tertiary/aromatic N) is 1. The lowest BCUT2D eigenvalue weighted by Gasteiger charge is -2.31. The molecule has 1 heterocycles. The highest BCUT2D eigenvalue weighted by atomic mass is 32.2. The summed E-state index contributed by atoms with van der Waals surface area (Å²) in [4.78, 5) is 12.2. The van der Waals surface area contributed by atoms with E-state index in [0.717, 1.165) is 0 Å². The third-order valence-corrected chi connectivity index (χ3v) is 5.43. The van der Waals surface area contributed by atoms with Crippen LogP contribution in [-0.2, 0) is 14.8 Å². The summed E-state index contributed by atoms with van der Waals surface area (Å²) in [7, 11) is -3.55. The second-order valence-electron chi connectivity index (χ2n) is 5.03. The first-order valence-corrected chi connectivity index (χ1v) is 8.43. The van der Waals surface area contributed by atoms with Gasteiger partial charge in [0, 0.05) is 19.6 Å². The molecule has 0 aliphatic carbocycles. The van der Waals surface area contributed by atoms with E-state index in [1.54, 1.807) is 30.3 Å². The molecule has 0 spiro atoms. The summed E-state index contributed by atoms with van der Waals surface area (Å²) < 4.78 is 26.4. The fraction of sp³-hybridized carbons (Fsp3) is 0.500. The third kappa shape index (κ3) is 3.81. The fourth-order valence-electron chi connectivity index (χ4n) is 2.44. The number of hydrogen-bond donors (Lipinski definition) is 2. The molecule has 1 saturated heterocycles. The highest BCUT2D eigenvalue weighted by molar-refractivity contribution is 7.89. The normalized spacial score (nSPS) is 20.1. The van der Waals surface area contributed by atoms with Crippen LogP contribution in [0, 0.1) is 5.92 Å². The second-order valence-corrected chi connectivity index (χ2v) is 6.97. The number of amides is 1. The van der Waals surface area contributed by atoms with Crippen molar-refractivity contribution in [2.75, 3.05) is 26.2 Å². The molecule has 1 fully saturated rings. The number of rotatable bonds is 5. The van der Waals surface area contributed by atoms with Gasteiger partial charge in [0.25, 0.3) is 0 Å². The molecule has 7 heteroatoms. The van der Waals surface area contributed by atoms with E-state index in [0.29, 0.717) is 19.4 Å². The van der Waals surface area contributed by atoms with Crippen LogP contribution in [0.1, 0.15) is 12.8 Å². The maximum atomic E-state index is 12.5. The summed E-state index contributed by atoms with van der Waals surface area (Å²) >= 11 is 0. The SMILES string of the molecule is O=C(NCCO)C1CCCN(S(=O)(=O)c2ccccc2)C1. The number of sulfonamides is 1. The van der Waals surface area contributed by atoms with Gasteiger partial charge in [0.15, 0.2) is 0 Å². The van der Waals surface area contributed by atoms with Crippen LogP contribution in [0.3, 0.4) is 0 Å². The van der Waals surface area contributed by atoms with Gasteiger partial charge in [-0.2, -0.15) is 4.31 Å². The minimum atomic E-state index is -3.55. The van der Waals surface area contributed by atoms with E-state index in [9.17, 15) is 13.2 Å². The lowest BCUT2D eigenvalue weighted by molar-refractivity contribution is -0.126. The van der Waals surface area contributed by atoms with E-state index in [1.807, 2.05) is 0 Å². The van der Waals surface area contributed by atoms with Gasteiger partial charge >= 0.3 is 0 Å². The maximum absolute atomic E-state index is 12.5. The number of aliphatic hydroxyl groups excluding tert-OH is 1. The van der Waals surface area contributed by atoms with Gasteiger partial charge in [0.05, 0.1) is 17.4 Å². The predicted octanol–water partition coefficient (Wildman–Crippen LogP) is 0.196. The first-order valence-electron chi connectivity index (χ1n) is 6.99. The lowest BCUT2D eigenvalue weighted by atomic mass is 9.99. The largest absolute Gasteiger partial charge is 0.395 e. The van der Waals surface area contributed by atoms with Crippen molar-refractivity contribution >= 4 is 15.9 Å². The number of piperidine rings is 1.